The molecule has 0 spiro atoms. The maximum absolute atomic E-state index is 12.2. The average molecular weight is 415 g/mol. The fourth-order valence-electron chi connectivity index (χ4n) is 8.39. The van der Waals surface area contributed by atoms with Gasteiger partial charge in [0.05, 0.1) is 6.10 Å². The van der Waals surface area contributed by atoms with Gasteiger partial charge in [0, 0.05) is 18.9 Å². The van der Waals surface area contributed by atoms with Crippen molar-refractivity contribution in [3.8, 4) is 0 Å². The van der Waals surface area contributed by atoms with Gasteiger partial charge in [0.2, 0.25) is 0 Å². The molecule has 0 aliphatic heterocycles. The molecule has 168 valence electrons. The summed E-state index contributed by atoms with van der Waals surface area (Å²) in [5.41, 5.74) is 1.72. The summed E-state index contributed by atoms with van der Waals surface area (Å²) in [6, 6.07) is 0. The summed E-state index contributed by atoms with van der Waals surface area (Å²) >= 11 is 0. The van der Waals surface area contributed by atoms with Crippen molar-refractivity contribution in [2.75, 3.05) is 6.61 Å². The molecule has 3 fully saturated rings. The van der Waals surface area contributed by atoms with Gasteiger partial charge in [0.1, 0.15) is 6.29 Å². The Hall–Kier alpha value is -0.960. The Morgan fingerprint density at radius 2 is 2.00 bits per heavy atom. The number of rotatable bonds is 7. The van der Waals surface area contributed by atoms with Crippen molar-refractivity contribution < 1.29 is 14.3 Å². The van der Waals surface area contributed by atoms with Gasteiger partial charge in [-0.25, -0.2) is 0 Å². The van der Waals surface area contributed by atoms with Crippen molar-refractivity contribution in [3.63, 3.8) is 0 Å². The summed E-state index contributed by atoms with van der Waals surface area (Å²) in [6.07, 6.45) is 14.5. The molecule has 0 bridgehead atoms. The first-order chi connectivity index (χ1) is 14.3. The van der Waals surface area contributed by atoms with Crippen LogP contribution in [0.3, 0.4) is 0 Å². The van der Waals surface area contributed by atoms with Crippen molar-refractivity contribution >= 4 is 12.1 Å². The van der Waals surface area contributed by atoms with E-state index in [-0.39, 0.29) is 22.9 Å². The van der Waals surface area contributed by atoms with Gasteiger partial charge in [0.25, 0.3) is 0 Å². The van der Waals surface area contributed by atoms with E-state index in [9.17, 15) is 9.59 Å². The van der Waals surface area contributed by atoms with Gasteiger partial charge in [-0.05, 0) is 85.5 Å². The smallest absolute Gasteiger partial charge is 0.155 e. The lowest BCUT2D eigenvalue weighted by Gasteiger charge is -2.61. The Balaban J connectivity index is 1.67. The van der Waals surface area contributed by atoms with Gasteiger partial charge in [-0.2, -0.15) is 0 Å². The normalized spacial score (nSPS) is 43.9. The van der Waals surface area contributed by atoms with Crippen LogP contribution in [0.4, 0.5) is 0 Å². The van der Waals surface area contributed by atoms with Gasteiger partial charge in [-0.3, -0.25) is 4.79 Å². The first-order valence-corrected chi connectivity index (χ1v) is 12.7. The quantitative estimate of drug-likeness (QED) is 0.370. The third-order valence-corrected chi connectivity index (χ3v) is 9.87. The number of unbranched alkanes of at least 4 members (excludes halogenated alkanes) is 2. The SMILES string of the molecule is CCCCCO[C@@H]1C[C@]2(C)[C@@H](C(C)C=O)CC[C@H]2[C@@H]2CCC3=CC(=O)CC[C@]3(C)[C@H]21. The molecule has 4 rings (SSSR count). The zero-order valence-corrected chi connectivity index (χ0v) is 19.6. The first-order valence-electron chi connectivity index (χ1n) is 12.7. The van der Waals surface area contributed by atoms with E-state index in [1.165, 1.54) is 44.0 Å². The highest BCUT2D eigenvalue weighted by Gasteiger charge is 2.62. The minimum Gasteiger partial charge on any atom is -0.378 e. The molecule has 8 atom stereocenters. The molecular weight excluding hydrogens is 372 g/mol. The third kappa shape index (κ3) is 3.53. The van der Waals surface area contributed by atoms with Crippen LogP contribution in [0.2, 0.25) is 0 Å². The van der Waals surface area contributed by atoms with Crippen LogP contribution in [0, 0.1) is 40.4 Å². The summed E-state index contributed by atoms with van der Waals surface area (Å²) in [5, 5.41) is 0. The topological polar surface area (TPSA) is 43.4 Å². The maximum Gasteiger partial charge on any atom is 0.155 e. The van der Waals surface area contributed by atoms with E-state index in [1.54, 1.807) is 0 Å². The number of ketones is 1. The highest BCUT2D eigenvalue weighted by molar-refractivity contribution is 5.91. The van der Waals surface area contributed by atoms with Gasteiger partial charge < -0.3 is 9.53 Å². The Kier molecular flexibility index (Phi) is 6.32. The molecule has 4 aliphatic rings. The van der Waals surface area contributed by atoms with E-state index in [0.717, 1.165) is 32.3 Å². The molecule has 3 saturated carbocycles. The first kappa shape index (κ1) is 22.2. The van der Waals surface area contributed by atoms with E-state index in [4.69, 9.17) is 4.74 Å². The van der Waals surface area contributed by atoms with E-state index in [2.05, 4.69) is 27.7 Å². The Morgan fingerprint density at radius 3 is 2.73 bits per heavy atom. The fourth-order valence-corrected chi connectivity index (χ4v) is 8.39. The molecular formula is C27H42O3. The predicted octanol–water partition coefficient (Wildman–Crippen LogP) is 6.15. The number of allylic oxidation sites excluding steroid dienone is 1. The second kappa shape index (κ2) is 8.52. The molecule has 0 saturated heterocycles. The largest absolute Gasteiger partial charge is 0.378 e. The number of fused-ring (bicyclic) bond motifs is 5. The number of carbonyl (C=O) groups is 2. The predicted molar refractivity (Wildman–Crippen MR) is 120 cm³/mol. The molecule has 3 nitrogen and oxygen atoms in total. The number of ether oxygens (including phenoxy) is 1. The average Bonchev–Trinajstić information content (AvgIpc) is 3.07. The van der Waals surface area contributed by atoms with Crippen LogP contribution in [0.5, 0.6) is 0 Å². The molecule has 0 amide bonds. The molecule has 0 aromatic carbocycles. The van der Waals surface area contributed by atoms with E-state index >= 15 is 0 Å². The van der Waals surface area contributed by atoms with Crippen molar-refractivity contribution in [3.05, 3.63) is 11.6 Å². The van der Waals surface area contributed by atoms with Crippen LogP contribution in [0.1, 0.15) is 91.9 Å². The van der Waals surface area contributed by atoms with E-state index in [0.29, 0.717) is 35.9 Å². The lowest BCUT2D eigenvalue weighted by atomic mass is 9.45. The van der Waals surface area contributed by atoms with Crippen molar-refractivity contribution in [1.82, 2.24) is 0 Å². The van der Waals surface area contributed by atoms with Crippen LogP contribution in [0.25, 0.3) is 0 Å². The highest BCUT2D eigenvalue weighted by atomic mass is 16.5. The van der Waals surface area contributed by atoms with Crippen LogP contribution in [0.15, 0.2) is 11.6 Å². The van der Waals surface area contributed by atoms with Crippen LogP contribution in [-0.2, 0) is 14.3 Å². The molecule has 0 aromatic rings. The Morgan fingerprint density at radius 1 is 1.20 bits per heavy atom. The van der Waals surface area contributed by atoms with Gasteiger partial charge in [-0.1, -0.05) is 46.1 Å². The molecule has 1 unspecified atom stereocenters. The Labute approximate surface area is 183 Å². The summed E-state index contributed by atoms with van der Waals surface area (Å²) in [5.74, 6) is 2.83. The van der Waals surface area contributed by atoms with Crippen LogP contribution >= 0.6 is 0 Å². The number of hydrogen-bond donors (Lipinski definition) is 0. The minimum atomic E-state index is 0.113. The highest BCUT2D eigenvalue weighted by Crippen LogP contribution is 2.67. The molecule has 4 aliphatic carbocycles. The molecule has 0 heterocycles. The van der Waals surface area contributed by atoms with Crippen molar-refractivity contribution in [2.45, 2.75) is 98.0 Å². The lowest BCUT2D eigenvalue weighted by molar-refractivity contribution is -0.157. The number of carbonyl (C=O) groups excluding carboxylic acids is 2. The zero-order chi connectivity index (χ0) is 21.5. The number of aldehydes is 1. The van der Waals surface area contributed by atoms with Gasteiger partial charge >= 0.3 is 0 Å². The fraction of sp³-hybridized carbons (Fsp3) is 0.852. The third-order valence-electron chi connectivity index (χ3n) is 9.87. The van der Waals surface area contributed by atoms with Gasteiger partial charge in [-0.15, -0.1) is 0 Å². The second-order valence-corrected chi connectivity index (χ2v) is 11.4. The maximum atomic E-state index is 12.2. The minimum absolute atomic E-state index is 0.113. The summed E-state index contributed by atoms with van der Waals surface area (Å²) in [6.45, 7) is 10.1. The van der Waals surface area contributed by atoms with E-state index in [1.807, 2.05) is 6.08 Å². The summed E-state index contributed by atoms with van der Waals surface area (Å²) in [4.78, 5) is 23.9. The van der Waals surface area contributed by atoms with Gasteiger partial charge in [0.15, 0.2) is 5.78 Å². The van der Waals surface area contributed by atoms with Crippen LogP contribution < -0.4 is 0 Å². The Bertz CT molecular complexity index is 696. The van der Waals surface area contributed by atoms with E-state index < -0.39 is 0 Å². The van der Waals surface area contributed by atoms with Crippen molar-refractivity contribution in [2.24, 2.45) is 40.4 Å². The lowest BCUT2D eigenvalue weighted by Crippen LogP contribution is -2.57. The number of hydrogen-bond acceptors (Lipinski definition) is 3. The standard InChI is InChI=1S/C27H42O3/c1-5-6-7-14-30-24-16-27(4)22(18(2)17-28)10-11-23(27)21-9-8-19-15-20(29)12-13-26(19,3)25(21)24/h15,17-18,21-25H,5-14,16H2,1-4H3/t18?,21-,22+,23-,24+,25+,26-,27+/m0/s1. The van der Waals surface area contributed by atoms with Crippen molar-refractivity contribution in [1.29, 1.82) is 0 Å². The molecule has 0 aromatic heterocycles. The molecule has 0 N–H and O–H groups in total. The monoisotopic (exact) mass is 414 g/mol. The summed E-state index contributed by atoms with van der Waals surface area (Å²) in [7, 11) is 0. The zero-order valence-electron chi connectivity index (χ0n) is 19.6. The molecule has 0 radical (unpaired) electrons. The summed E-state index contributed by atoms with van der Waals surface area (Å²) < 4.78 is 6.73. The van der Waals surface area contributed by atoms with Crippen LogP contribution in [-0.4, -0.2) is 24.8 Å². The molecule has 3 heteroatoms. The second-order valence-electron chi connectivity index (χ2n) is 11.4. The molecule has 30 heavy (non-hydrogen) atoms.